The molecule has 45 heavy (non-hydrogen) atoms. The molecule has 0 heterocycles. The fourth-order valence-corrected chi connectivity index (χ4v) is 4.32. The molecular formula is C31H43F5N2O6S. The summed E-state index contributed by atoms with van der Waals surface area (Å²) >= 11 is 0. The molecule has 2 aromatic rings. The number of hydrogen-bond donors (Lipinski definition) is 2. The van der Waals surface area contributed by atoms with Crippen LogP contribution in [0, 0.1) is 0 Å². The molecule has 8 nitrogen and oxygen atoms in total. The molecule has 0 bridgehead atoms. The third kappa shape index (κ3) is 15.9. The summed E-state index contributed by atoms with van der Waals surface area (Å²) in [6.07, 6.45) is -4.62. The van der Waals surface area contributed by atoms with Crippen molar-refractivity contribution in [2.24, 2.45) is 10.7 Å². The van der Waals surface area contributed by atoms with E-state index in [1.54, 1.807) is 6.92 Å². The summed E-state index contributed by atoms with van der Waals surface area (Å²) in [6, 6.07) is 8.07. The number of carbonyl (C=O) groups excluding carboxylic acids is 1. The normalized spacial score (nSPS) is 13.8. The van der Waals surface area contributed by atoms with E-state index < -0.39 is 63.5 Å². The second-order valence-corrected chi connectivity index (χ2v) is 12.9. The van der Waals surface area contributed by atoms with E-state index in [9.17, 15) is 45.1 Å². The van der Waals surface area contributed by atoms with Gasteiger partial charge in [-0.2, -0.15) is 13.2 Å². The van der Waals surface area contributed by atoms with Gasteiger partial charge in [-0.15, -0.1) is 0 Å². The molecule has 0 fully saturated rings. The van der Waals surface area contributed by atoms with Crippen LogP contribution >= 0.6 is 0 Å². The van der Waals surface area contributed by atoms with Crippen LogP contribution in [-0.4, -0.2) is 73.6 Å². The van der Waals surface area contributed by atoms with Gasteiger partial charge >= 0.3 is 18.1 Å². The highest BCUT2D eigenvalue weighted by Gasteiger charge is 2.39. The van der Waals surface area contributed by atoms with E-state index in [4.69, 9.17) is 5.73 Å². The van der Waals surface area contributed by atoms with Crippen LogP contribution in [0.15, 0.2) is 58.4 Å². The van der Waals surface area contributed by atoms with Gasteiger partial charge in [-0.3, -0.25) is 9.79 Å². The molecule has 0 amide bonds. The monoisotopic (exact) mass is 666 g/mol. The van der Waals surface area contributed by atoms with Crippen molar-refractivity contribution >= 4 is 27.5 Å². The molecule has 0 aliphatic heterocycles. The van der Waals surface area contributed by atoms with Gasteiger partial charge in [-0.1, -0.05) is 50.2 Å². The van der Waals surface area contributed by atoms with Crippen molar-refractivity contribution in [3.05, 3.63) is 54.1 Å². The van der Waals surface area contributed by atoms with Crippen LogP contribution in [0.3, 0.4) is 0 Å². The Bertz CT molecular complexity index is 1360. The first kappa shape index (κ1) is 41.6. The molecule has 2 aromatic carbocycles. The van der Waals surface area contributed by atoms with Crippen molar-refractivity contribution in [1.82, 2.24) is 0 Å². The number of aliphatic imine (C=N–C) groups is 1. The Hall–Kier alpha value is -3.39. The number of halogens is 5. The Kier molecular flexibility index (Phi) is 16.0. The lowest BCUT2D eigenvalue weighted by atomic mass is 9.99. The summed E-state index contributed by atoms with van der Waals surface area (Å²) in [4.78, 5) is 25.7. The fraction of sp³-hybridized carbons (Fsp3) is 0.516. The van der Waals surface area contributed by atoms with Crippen LogP contribution < -0.4 is 5.73 Å². The van der Waals surface area contributed by atoms with Crippen LogP contribution in [0.2, 0.25) is 0 Å². The first-order valence-electron chi connectivity index (χ1n) is 14.0. The van der Waals surface area contributed by atoms with Crippen LogP contribution in [0.4, 0.5) is 22.0 Å². The number of aliphatic carboxylic acids is 1. The van der Waals surface area contributed by atoms with Crippen LogP contribution in [-0.2, 0) is 24.2 Å². The maximum atomic E-state index is 13.8. The van der Waals surface area contributed by atoms with Gasteiger partial charge in [0.15, 0.2) is 15.9 Å². The third-order valence-electron chi connectivity index (χ3n) is 5.59. The number of carboxylic acid groups (broad SMARTS) is 1. The molecule has 2 unspecified atom stereocenters. The van der Waals surface area contributed by atoms with Crippen molar-refractivity contribution in [3.63, 3.8) is 0 Å². The first-order valence-corrected chi connectivity index (χ1v) is 15.9. The minimum Gasteiger partial charge on any atom is -0.480 e. The molecule has 0 aliphatic rings. The number of alkyl halides is 5. The SMILES string of the molecule is CC.CC(C)(F)CC(N=C(c1ccc(-c2ccc(S(C)(=O)=O)cc2)cc1)C(F)(F)F)C(=O)O.CCOC(=O)C(N)CC(C)(C)F. The molecule has 0 saturated carbocycles. The van der Waals surface area contributed by atoms with Crippen molar-refractivity contribution in [2.75, 3.05) is 12.9 Å². The van der Waals surface area contributed by atoms with E-state index in [0.29, 0.717) is 11.1 Å². The minimum atomic E-state index is -4.95. The van der Waals surface area contributed by atoms with Gasteiger partial charge in [0, 0.05) is 24.7 Å². The highest BCUT2D eigenvalue weighted by atomic mass is 32.2. The zero-order valence-corrected chi connectivity index (χ0v) is 27.5. The molecule has 2 rings (SSSR count). The Morgan fingerprint density at radius 1 is 0.867 bits per heavy atom. The summed E-state index contributed by atoms with van der Waals surface area (Å²) in [5.41, 5.74) is 1.24. The Balaban J connectivity index is 0.00000116. The molecule has 0 aliphatic carbocycles. The van der Waals surface area contributed by atoms with Gasteiger partial charge < -0.3 is 15.6 Å². The van der Waals surface area contributed by atoms with Gasteiger partial charge in [-0.05, 0) is 57.9 Å². The number of ether oxygens (including phenoxy) is 1. The Morgan fingerprint density at radius 2 is 1.29 bits per heavy atom. The van der Waals surface area contributed by atoms with Crippen molar-refractivity contribution in [3.8, 4) is 11.1 Å². The van der Waals surface area contributed by atoms with E-state index in [0.717, 1.165) is 32.2 Å². The van der Waals surface area contributed by atoms with E-state index >= 15 is 0 Å². The average molecular weight is 667 g/mol. The number of hydrogen-bond acceptors (Lipinski definition) is 7. The van der Waals surface area contributed by atoms with Gasteiger partial charge in [0.05, 0.1) is 11.5 Å². The summed E-state index contributed by atoms with van der Waals surface area (Å²) < 4.78 is 95.2. The number of esters is 1. The van der Waals surface area contributed by atoms with E-state index in [2.05, 4.69) is 9.73 Å². The lowest BCUT2D eigenvalue weighted by Gasteiger charge is -2.19. The van der Waals surface area contributed by atoms with Crippen molar-refractivity contribution < 1.29 is 49.8 Å². The number of nitrogens with two attached hydrogens (primary N) is 1. The zero-order chi connectivity index (χ0) is 35.4. The highest BCUT2D eigenvalue weighted by Crippen LogP contribution is 2.28. The molecule has 2 atom stereocenters. The van der Waals surface area contributed by atoms with E-state index in [1.807, 2.05) is 13.8 Å². The quantitative estimate of drug-likeness (QED) is 0.154. The van der Waals surface area contributed by atoms with E-state index in [1.165, 1.54) is 50.2 Å². The summed E-state index contributed by atoms with van der Waals surface area (Å²) in [7, 11) is -3.38. The number of benzene rings is 2. The number of rotatable bonds is 11. The molecule has 14 heteroatoms. The molecule has 0 saturated heterocycles. The summed E-state index contributed by atoms with van der Waals surface area (Å²) in [5, 5.41) is 9.19. The van der Waals surface area contributed by atoms with E-state index in [-0.39, 0.29) is 23.5 Å². The number of nitrogens with zero attached hydrogens (tertiary/aromatic N) is 1. The minimum absolute atomic E-state index is 0.00810. The zero-order valence-electron chi connectivity index (χ0n) is 26.7. The summed E-state index contributed by atoms with van der Waals surface area (Å²) in [5.74, 6) is -2.20. The molecule has 3 N–H and O–H groups in total. The molecular weight excluding hydrogens is 623 g/mol. The third-order valence-corrected chi connectivity index (χ3v) is 6.71. The lowest BCUT2D eigenvalue weighted by Crippen LogP contribution is -2.37. The first-order chi connectivity index (χ1) is 20.4. The molecule has 0 radical (unpaired) electrons. The fourth-order valence-electron chi connectivity index (χ4n) is 3.69. The summed E-state index contributed by atoms with van der Waals surface area (Å²) in [6.45, 7) is 10.9. The molecule has 0 aromatic heterocycles. The van der Waals surface area contributed by atoms with Gasteiger partial charge in [-0.25, -0.2) is 22.0 Å². The Morgan fingerprint density at radius 3 is 1.62 bits per heavy atom. The maximum Gasteiger partial charge on any atom is 0.433 e. The maximum absolute atomic E-state index is 13.8. The second-order valence-electron chi connectivity index (χ2n) is 10.9. The van der Waals surface area contributed by atoms with Gasteiger partial charge in [0.2, 0.25) is 0 Å². The van der Waals surface area contributed by atoms with Crippen LogP contribution in [0.5, 0.6) is 0 Å². The van der Waals surface area contributed by atoms with Gasteiger partial charge in [0.25, 0.3) is 0 Å². The average Bonchev–Trinajstić information content (AvgIpc) is 2.90. The predicted octanol–water partition coefficient (Wildman–Crippen LogP) is 6.74. The largest absolute Gasteiger partial charge is 0.480 e. The second kappa shape index (κ2) is 17.3. The molecule has 0 spiro atoms. The van der Waals surface area contributed by atoms with Gasteiger partial charge in [0.1, 0.15) is 23.1 Å². The van der Waals surface area contributed by atoms with Crippen LogP contribution in [0.25, 0.3) is 11.1 Å². The van der Waals surface area contributed by atoms with Crippen molar-refractivity contribution in [1.29, 1.82) is 0 Å². The smallest absolute Gasteiger partial charge is 0.433 e. The number of sulfone groups is 1. The number of carboxylic acids is 1. The molecule has 254 valence electrons. The van der Waals surface area contributed by atoms with Crippen molar-refractivity contribution in [2.45, 2.75) is 95.8 Å². The Labute approximate surface area is 261 Å². The van der Waals surface area contributed by atoms with Crippen LogP contribution in [0.1, 0.15) is 66.9 Å². The highest BCUT2D eigenvalue weighted by molar-refractivity contribution is 7.90. The standard InChI is InChI=1S/C21H21F4NO4S.C8H16FNO2.C2H6/c1-20(2,22)12-17(19(27)28)26-18(21(23,24)25)15-6-4-13(5-7-15)14-8-10-16(11-9-14)31(3,29)30;1-4-12-7(11)6(10)5-8(2,3)9;1-2/h4-11,17H,12H2,1-3H3,(H,27,28);6H,4-5,10H2,1-3H3;1-2H3. The topological polar surface area (TPSA) is 136 Å². The lowest BCUT2D eigenvalue weighted by molar-refractivity contribution is -0.145. The number of carbonyl (C=O) groups is 2. The predicted molar refractivity (Wildman–Crippen MR) is 165 cm³/mol.